The molecule has 0 saturated carbocycles. The van der Waals surface area contributed by atoms with Crippen LogP contribution in [-0.4, -0.2) is 47.6 Å². The van der Waals surface area contributed by atoms with E-state index in [0.717, 1.165) is 49.9 Å². The average Bonchev–Trinajstić information content (AvgIpc) is 3.06. The standard InChI is InChI=1S/C18H31N3OS/c1-3-4-5-6-11-19-18(23)21(15-17-8-7-14-22-17)16-9-12-20(2)13-10-16/h7-8,14,16H,3-6,9-13,15H2,1-2H3,(H,19,23). The molecule has 1 aromatic rings. The van der Waals surface area contributed by atoms with Crippen LogP contribution in [-0.2, 0) is 6.54 Å². The third kappa shape index (κ3) is 6.15. The molecule has 1 aliphatic heterocycles. The number of thiocarbonyl (C=S) groups is 1. The van der Waals surface area contributed by atoms with Gasteiger partial charge in [-0.2, -0.15) is 0 Å². The van der Waals surface area contributed by atoms with Crippen LogP contribution in [0.3, 0.4) is 0 Å². The summed E-state index contributed by atoms with van der Waals surface area (Å²) in [4.78, 5) is 4.73. The first-order valence-corrected chi connectivity index (χ1v) is 9.37. The Morgan fingerprint density at radius 1 is 1.35 bits per heavy atom. The molecule has 0 bridgehead atoms. The van der Waals surface area contributed by atoms with E-state index in [2.05, 4.69) is 29.1 Å². The van der Waals surface area contributed by atoms with E-state index in [1.54, 1.807) is 6.26 Å². The topological polar surface area (TPSA) is 31.6 Å². The van der Waals surface area contributed by atoms with Crippen molar-refractivity contribution in [3.63, 3.8) is 0 Å². The normalized spacial score (nSPS) is 16.4. The van der Waals surface area contributed by atoms with Crippen molar-refractivity contribution in [3.8, 4) is 0 Å². The Hall–Kier alpha value is -1.07. The molecule has 130 valence electrons. The average molecular weight is 338 g/mol. The fourth-order valence-corrected chi connectivity index (χ4v) is 3.41. The number of rotatable bonds is 8. The van der Waals surface area contributed by atoms with Crippen molar-refractivity contribution in [2.24, 2.45) is 0 Å². The molecule has 1 fully saturated rings. The van der Waals surface area contributed by atoms with Crippen LogP contribution in [0, 0.1) is 0 Å². The summed E-state index contributed by atoms with van der Waals surface area (Å²) >= 11 is 5.70. The first kappa shape index (κ1) is 18.3. The molecule has 0 atom stereocenters. The smallest absolute Gasteiger partial charge is 0.169 e. The minimum absolute atomic E-state index is 0.506. The van der Waals surface area contributed by atoms with E-state index in [1.165, 1.54) is 25.7 Å². The van der Waals surface area contributed by atoms with Gasteiger partial charge in [0.2, 0.25) is 0 Å². The van der Waals surface area contributed by atoms with E-state index in [-0.39, 0.29) is 0 Å². The number of hydrogen-bond donors (Lipinski definition) is 1. The number of piperidine rings is 1. The SMILES string of the molecule is CCCCCCNC(=S)N(Cc1ccco1)C1CCN(C)CC1. The summed E-state index contributed by atoms with van der Waals surface area (Å²) < 4.78 is 5.54. The summed E-state index contributed by atoms with van der Waals surface area (Å²) in [7, 11) is 2.19. The van der Waals surface area contributed by atoms with Crippen LogP contribution < -0.4 is 5.32 Å². The summed E-state index contributed by atoms with van der Waals surface area (Å²) in [5.74, 6) is 0.985. The van der Waals surface area contributed by atoms with Crippen molar-refractivity contribution in [1.29, 1.82) is 0 Å². The first-order valence-electron chi connectivity index (χ1n) is 8.96. The molecular formula is C18H31N3OS. The molecule has 0 amide bonds. The largest absolute Gasteiger partial charge is 0.467 e. The Morgan fingerprint density at radius 2 is 2.13 bits per heavy atom. The summed E-state index contributed by atoms with van der Waals surface area (Å²) in [6, 6.07) is 4.49. The second-order valence-electron chi connectivity index (χ2n) is 6.53. The van der Waals surface area contributed by atoms with Gasteiger partial charge in [0.1, 0.15) is 5.76 Å². The fraction of sp³-hybridized carbons (Fsp3) is 0.722. The maximum absolute atomic E-state index is 5.70. The maximum Gasteiger partial charge on any atom is 0.169 e. The van der Waals surface area contributed by atoms with Crippen molar-refractivity contribution in [1.82, 2.24) is 15.1 Å². The second kappa shape index (κ2) is 9.93. The highest BCUT2D eigenvalue weighted by atomic mass is 32.1. The van der Waals surface area contributed by atoms with Crippen molar-refractivity contribution in [2.45, 2.75) is 58.0 Å². The lowest BCUT2D eigenvalue weighted by atomic mass is 10.0. The quantitative estimate of drug-likeness (QED) is 0.578. The number of likely N-dealkylation sites (tertiary alicyclic amines) is 1. The highest BCUT2D eigenvalue weighted by molar-refractivity contribution is 7.80. The Morgan fingerprint density at radius 3 is 2.78 bits per heavy atom. The molecule has 5 heteroatoms. The predicted octanol–water partition coefficient (Wildman–Crippen LogP) is 3.63. The highest BCUT2D eigenvalue weighted by Crippen LogP contribution is 2.19. The molecule has 23 heavy (non-hydrogen) atoms. The van der Waals surface area contributed by atoms with Gasteiger partial charge in [-0.05, 0) is 63.8 Å². The van der Waals surface area contributed by atoms with Crippen LogP contribution in [0.2, 0.25) is 0 Å². The highest BCUT2D eigenvalue weighted by Gasteiger charge is 2.25. The monoisotopic (exact) mass is 337 g/mol. The Balaban J connectivity index is 1.88. The molecule has 0 unspecified atom stereocenters. The molecule has 0 aliphatic carbocycles. The molecule has 2 rings (SSSR count). The van der Waals surface area contributed by atoms with Crippen molar-refractivity contribution >= 4 is 17.3 Å². The molecular weight excluding hydrogens is 306 g/mol. The van der Waals surface area contributed by atoms with Gasteiger partial charge in [-0.1, -0.05) is 26.2 Å². The van der Waals surface area contributed by atoms with Crippen molar-refractivity contribution < 1.29 is 4.42 Å². The molecule has 1 saturated heterocycles. The van der Waals surface area contributed by atoms with Gasteiger partial charge in [0.15, 0.2) is 5.11 Å². The number of unbranched alkanes of at least 4 members (excludes halogenated alkanes) is 3. The lowest BCUT2D eigenvalue weighted by Gasteiger charge is -2.38. The van der Waals surface area contributed by atoms with Crippen LogP contribution in [0.1, 0.15) is 51.2 Å². The van der Waals surface area contributed by atoms with E-state index >= 15 is 0 Å². The number of hydrogen-bond acceptors (Lipinski definition) is 3. The molecule has 1 aromatic heterocycles. The zero-order valence-electron chi connectivity index (χ0n) is 14.6. The molecule has 0 radical (unpaired) electrons. The number of nitrogens with one attached hydrogen (secondary N) is 1. The molecule has 1 aliphatic rings. The first-order chi connectivity index (χ1) is 11.2. The molecule has 1 N–H and O–H groups in total. The summed E-state index contributed by atoms with van der Waals surface area (Å²) in [6.07, 6.45) is 9.10. The van der Waals surface area contributed by atoms with Crippen LogP contribution in [0.15, 0.2) is 22.8 Å². The van der Waals surface area contributed by atoms with E-state index in [1.807, 2.05) is 12.1 Å². The van der Waals surface area contributed by atoms with E-state index in [4.69, 9.17) is 16.6 Å². The van der Waals surface area contributed by atoms with Gasteiger partial charge in [-0.15, -0.1) is 0 Å². The predicted molar refractivity (Wildman–Crippen MR) is 99.5 cm³/mol. The number of nitrogens with zero attached hydrogens (tertiary/aromatic N) is 2. The van der Waals surface area contributed by atoms with E-state index < -0.39 is 0 Å². The van der Waals surface area contributed by atoms with Gasteiger partial charge in [0.05, 0.1) is 12.8 Å². The summed E-state index contributed by atoms with van der Waals surface area (Å²) in [5.41, 5.74) is 0. The molecule has 0 aromatic carbocycles. The summed E-state index contributed by atoms with van der Waals surface area (Å²) in [6.45, 7) is 6.25. The minimum atomic E-state index is 0.506. The van der Waals surface area contributed by atoms with Gasteiger partial charge >= 0.3 is 0 Å². The van der Waals surface area contributed by atoms with Crippen molar-refractivity contribution in [3.05, 3.63) is 24.2 Å². The van der Waals surface area contributed by atoms with Crippen molar-refractivity contribution in [2.75, 3.05) is 26.7 Å². The van der Waals surface area contributed by atoms with Gasteiger partial charge in [0.25, 0.3) is 0 Å². The van der Waals surface area contributed by atoms with Gasteiger partial charge in [0, 0.05) is 12.6 Å². The third-order valence-electron chi connectivity index (χ3n) is 4.60. The van der Waals surface area contributed by atoms with Gasteiger partial charge in [-0.3, -0.25) is 0 Å². The lowest BCUT2D eigenvalue weighted by Crippen LogP contribution is -2.49. The van der Waals surface area contributed by atoms with Gasteiger partial charge < -0.3 is 19.5 Å². The molecule has 0 spiro atoms. The van der Waals surface area contributed by atoms with E-state index in [9.17, 15) is 0 Å². The molecule has 2 heterocycles. The van der Waals surface area contributed by atoms with Crippen LogP contribution in [0.5, 0.6) is 0 Å². The zero-order chi connectivity index (χ0) is 16.5. The van der Waals surface area contributed by atoms with Gasteiger partial charge in [-0.25, -0.2) is 0 Å². The third-order valence-corrected chi connectivity index (χ3v) is 4.98. The number of furan rings is 1. The Labute approximate surface area is 146 Å². The lowest BCUT2D eigenvalue weighted by molar-refractivity contribution is 0.165. The fourth-order valence-electron chi connectivity index (χ4n) is 3.09. The van der Waals surface area contributed by atoms with Crippen LogP contribution in [0.4, 0.5) is 0 Å². The van der Waals surface area contributed by atoms with E-state index in [0.29, 0.717) is 6.04 Å². The maximum atomic E-state index is 5.70. The zero-order valence-corrected chi connectivity index (χ0v) is 15.4. The minimum Gasteiger partial charge on any atom is -0.467 e. The Kier molecular flexibility index (Phi) is 7.89. The van der Waals surface area contributed by atoms with Crippen LogP contribution in [0.25, 0.3) is 0 Å². The second-order valence-corrected chi connectivity index (χ2v) is 6.92. The van der Waals surface area contributed by atoms with Crippen LogP contribution >= 0.6 is 12.2 Å². The molecule has 4 nitrogen and oxygen atoms in total. The Bertz CT molecular complexity index is 441. The summed E-state index contributed by atoms with van der Waals surface area (Å²) in [5, 5.41) is 4.35.